The molecular weight excluding hydrogens is 358 g/mol. The quantitative estimate of drug-likeness (QED) is 0.507. The zero-order chi connectivity index (χ0) is 18.6. The minimum Gasteiger partial charge on any atom is -0.461 e. The Bertz CT molecular complexity index is 920. The Morgan fingerprint density at radius 1 is 1.15 bits per heavy atom. The summed E-state index contributed by atoms with van der Waals surface area (Å²) in [6.45, 7) is 1.94. The summed E-state index contributed by atoms with van der Waals surface area (Å²) in [4.78, 5) is 22.0. The van der Waals surface area contributed by atoms with Crippen LogP contribution < -0.4 is 5.32 Å². The minimum atomic E-state index is -0.227. The number of nitrogens with zero attached hydrogens (tertiary/aromatic N) is 2. The van der Waals surface area contributed by atoms with Crippen molar-refractivity contribution >= 4 is 28.6 Å². The van der Waals surface area contributed by atoms with Gasteiger partial charge in [-0.1, -0.05) is 49.2 Å². The van der Waals surface area contributed by atoms with Gasteiger partial charge in [0, 0.05) is 11.4 Å². The highest BCUT2D eigenvalue weighted by atomic mass is 32.2. The molecule has 0 aliphatic heterocycles. The normalized spacial score (nSPS) is 16.3. The number of hydrogen-bond acceptors (Lipinski definition) is 5. The van der Waals surface area contributed by atoms with E-state index in [0.717, 1.165) is 28.8 Å². The average Bonchev–Trinajstić information content (AvgIpc) is 3.23. The molecule has 1 saturated carbocycles. The van der Waals surface area contributed by atoms with E-state index in [-0.39, 0.29) is 11.2 Å². The zero-order valence-electron chi connectivity index (χ0n) is 15.4. The van der Waals surface area contributed by atoms with Crippen molar-refractivity contribution in [3.8, 4) is 11.6 Å². The topological polar surface area (TPSA) is 68.0 Å². The molecule has 2 aromatic heterocycles. The van der Waals surface area contributed by atoms with Crippen LogP contribution in [-0.4, -0.2) is 27.2 Å². The predicted molar refractivity (Wildman–Crippen MR) is 108 cm³/mol. The van der Waals surface area contributed by atoms with Crippen LogP contribution in [0.4, 0.5) is 0 Å². The van der Waals surface area contributed by atoms with Crippen LogP contribution in [0, 0.1) is 0 Å². The fraction of sp³-hybridized carbons (Fsp3) is 0.381. The van der Waals surface area contributed by atoms with Crippen molar-refractivity contribution in [1.82, 2.24) is 15.3 Å². The third kappa shape index (κ3) is 4.16. The number of fused-ring (bicyclic) bond motifs is 1. The van der Waals surface area contributed by atoms with Gasteiger partial charge in [-0.25, -0.2) is 9.97 Å². The fourth-order valence-corrected chi connectivity index (χ4v) is 4.39. The summed E-state index contributed by atoms with van der Waals surface area (Å²) in [5.41, 5.74) is 0.848. The highest BCUT2D eigenvalue weighted by Gasteiger charge is 2.22. The van der Waals surface area contributed by atoms with E-state index in [0.29, 0.717) is 17.6 Å². The Hall–Kier alpha value is -2.34. The van der Waals surface area contributed by atoms with E-state index >= 15 is 0 Å². The Morgan fingerprint density at radius 2 is 1.96 bits per heavy atom. The van der Waals surface area contributed by atoms with Gasteiger partial charge < -0.3 is 9.73 Å². The van der Waals surface area contributed by atoms with Crippen LogP contribution in [0.5, 0.6) is 0 Å². The summed E-state index contributed by atoms with van der Waals surface area (Å²) in [5.74, 6) is 1.25. The van der Waals surface area contributed by atoms with Gasteiger partial charge in [0.1, 0.15) is 5.03 Å². The van der Waals surface area contributed by atoms with E-state index in [9.17, 15) is 4.79 Å². The van der Waals surface area contributed by atoms with Gasteiger partial charge in [-0.3, -0.25) is 4.79 Å². The standard InChI is InChI=1S/C21H23N3O2S/c1-14(20(25)22-15-8-3-2-4-9-15)27-21-16-10-5-6-11-17(16)23-19(24-21)18-12-7-13-26-18/h5-7,10-15H,2-4,8-9H2,1H3,(H,22,25). The molecule has 140 valence electrons. The lowest BCUT2D eigenvalue weighted by atomic mass is 9.95. The van der Waals surface area contributed by atoms with Crippen molar-refractivity contribution in [3.63, 3.8) is 0 Å². The maximum absolute atomic E-state index is 12.7. The van der Waals surface area contributed by atoms with Gasteiger partial charge in [0.15, 0.2) is 11.6 Å². The van der Waals surface area contributed by atoms with Gasteiger partial charge in [0.25, 0.3) is 0 Å². The van der Waals surface area contributed by atoms with Gasteiger partial charge in [-0.15, -0.1) is 0 Å². The maximum atomic E-state index is 12.7. The highest BCUT2D eigenvalue weighted by molar-refractivity contribution is 8.00. The van der Waals surface area contributed by atoms with Crippen molar-refractivity contribution in [3.05, 3.63) is 42.7 Å². The summed E-state index contributed by atoms with van der Waals surface area (Å²) in [7, 11) is 0. The summed E-state index contributed by atoms with van der Waals surface area (Å²) >= 11 is 1.48. The highest BCUT2D eigenvalue weighted by Crippen LogP contribution is 2.31. The molecule has 0 bridgehead atoms. The molecule has 4 rings (SSSR count). The molecule has 0 saturated heterocycles. The summed E-state index contributed by atoms with van der Waals surface area (Å²) < 4.78 is 5.46. The number of thioether (sulfide) groups is 1. The van der Waals surface area contributed by atoms with Crippen molar-refractivity contribution in [2.75, 3.05) is 0 Å². The largest absolute Gasteiger partial charge is 0.461 e. The fourth-order valence-electron chi connectivity index (χ4n) is 3.44. The molecule has 1 fully saturated rings. The Kier molecular flexibility index (Phi) is 5.43. The molecule has 1 amide bonds. The van der Waals surface area contributed by atoms with E-state index in [2.05, 4.69) is 10.3 Å². The number of furan rings is 1. The van der Waals surface area contributed by atoms with Gasteiger partial charge in [-0.05, 0) is 38.0 Å². The summed E-state index contributed by atoms with van der Waals surface area (Å²) in [6.07, 6.45) is 7.47. The summed E-state index contributed by atoms with van der Waals surface area (Å²) in [6, 6.07) is 11.9. The van der Waals surface area contributed by atoms with Crippen LogP contribution in [-0.2, 0) is 4.79 Å². The molecule has 2 heterocycles. The molecule has 5 nitrogen and oxygen atoms in total. The number of carbonyl (C=O) groups excluding carboxylic acids is 1. The third-order valence-electron chi connectivity index (χ3n) is 4.92. The predicted octanol–water partition coefficient (Wildman–Crippen LogP) is 4.82. The van der Waals surface area contributed by atoms with E-state index in [1.165, 1.54) is 31.0 Å². The minimum absolute atomic E-state index is 0.0779. The van der Waals surface area contributed by atoms with Crippen LogP contribution in [0.2, 0.25) is 0 Å². The van der Waals surface area contributed by atoms with E-state index in [4.69, 9.17) is 9.40 Å². The first-order valence-corrected chi connectivity index (χ1v) is 10.4. The van der Waals surface area contributed by atoms with Crippen molar-refractivity contribution in [2.24, 2.45) is 0 Å². The van der Waals surface area contributed by atoms with Crippen LogP contribution in [0.15, 0.2) is 52.1 Å². The van der Waals surface area contributed by atoms with E-state index < -0.39 is 0 Å². The molecule has 1 aliphatic carbocycles. The Morgan fingerprint density at radius 3 is 2.74 bits per heavy atom. The van der Waals surface area contributed by atoms with E-state index in [1.54, 1.807) is 6.26 Å². The molecule has 1 aromatic carbocycles. The Labute approximate surface area is 163 Å². The second kappa shape index (κ2) is 8.13. The maximum Gasteiger partial charge on any atom is 0.233 e. The number of benzene rings is 1. The SMILES string of the molecule is CC(Sc1nc(-c2ccco2)nc2ccccc12)C(=O)NC1CCCCC1. The molecule has 0 spiro atoms. The number of carbonyl (C=O) groups is 1. The van der Waals surface area contributed by atoms with Crippen LogP contribution in [0.1, 0.15) is 39.0 Å². The molecule has 6 heteroatoms. The third-order valence-corrected chi connectivity index (χ3v) is 6.02. The lowest BCUT2D eigenvalue weighted by Gasteiger charge is -2.24. The van der Waals surface area contributed by atoms with Crippen molar-refractivity contribution in [1.29, 1.82) is 0 Å². The first-order chi connectivity index (χ1) is 13.2. The smallest absolute Gasteiger partial charge is 0.233 e. The van der Waals surface area contributed by atoms with Crippen LogP contribution in [0.3, 0.4) is 0 Å². The first kappa shape index (κ1) is 18.0. The number of aromatic nitrogens is 2. The molecule has 1 N–H and O–H groups in total. The van der Waals surface area contributed by atoms with Crippen LogP contribution >= 0.6 is 11.8 Å². The second-order valence-electron chi connectivity index (χ2n) is 6.95. The van der Waals surface area contributed by atoms with Crippen molar-refractivity contribution in [2.45, 2.75) is 55.3 Å². The number of amides is 1. The van der Waals surface area contributed by atoms with Gasteiger partial charge >= 0.3 is 0 Å². The lowest BCUT2D eigenvalue weighted by molar-refractivity contribution is -0.121. The van der Waals surface area contributed by atoms with Gasteiger partial charge in [-0.2, -0.15) is 0 Å². The molecule has 3 aromatic rings. The van der Waals surface area contributed by atoms with Crippen LogP contribution in [0.25, 0.3) is 22.5 Å². The van der Waals surface area contributed by atoms with E-state index in [1.807, 2.05) is 43.3 Å². The monoisotopic (exact) mass is 381 g/mol. The number of hydrogen-bond donors (Lipinski definition) is 1. The summed E-state index contributed by atoms with van der Waals surface area (Å²) in [5, 5.41) is 4.74. The first-order valence-electron chi connectivity index (χ1n) is 9.48. The Balaban J connectivity index is 1.57. The molecule has 27 heavy (non-hydrogen) atoms. The lowest BCUT2D eigenvalue weighted by Crippen LogP contribution is -2.40. The average molecular weight is 382 g/mol. The second-order valence-corrected chi connectivity index (χ2v) is 8.28. The molecule has 1 aliphatic rings. The molecule has 1 unspecified atom stereocenters. The van der Waals surface area contributed by atoms with Crippen molar-refractivity contribution < 1.29 is 9.21 Å². The number of para-hydroxylation sites is 1. The number of nitrogens with one attached hydrogen (secondary N) is 1. The number of rotatable bonds is 5. The van der Waals surface area contributed by atoms with Gasteiger partial charge in [0.2, 0.25) is 5.91 Å². The molecular formula is C21H23N3O2S. The molecule has 1 atom stereocenters. The zero-order valence-corrected chi connectivity index (χ0v) is 16.2. The van der Waals surface area contributed by atoms with Gasteiger partial charge in [0.05, 0.1) is 17.0 Å². The molecule has 0 radical (unpaired) electrons.